The molecule has 0 spiro atoms. The Morgan fingerprint density at radius 3 is 1.89 bits per heavy atom. The van der Waals surface area contributed by atoms with Crippen LogP contribution in [0, 0.1) is 16.7 Å². The Morgan fingerprint density at radius 2 is 1.41 bits per heavy atom. The summed E-state index contributed by atoms with van der Waals surface area (Å²) in [4.78, 5) is 12.8. The van der Waals surface area contributed by atoms with Crippen LogP contribution in [0.2, 0.25) is 18.1 Å². The second kappa shape index (κ2) is 21.4. The fourth-order valence-electron chi connectivity index (χ4n) is 7.62. The molecular weight excluding hydrogens is 846 g/mol. The van der Waals surface area contributed by atoms with Gasteiger partial charge in [0.15, 0.2) is 15.0 Å². The molecule has 0 amide bonds. The standard InChI is InChI=1S/C49H70N5O8PSi/c1-34(2)54(35(3)4)63(30-18-29-50)61-44-42(60-43(45(44)62-64(13,14)48(8,9)10)41-31-53(52-51-41)33-58-46(55)47(5,6)7)32-59-49(36-19-16-15-17-20-36,37-21-25-39(56-11)26-22-37)38-23-27-40(57-12)28-24-38/h15-17,19-28,31,34-35,42-45H,18,30,32-33H2,1-14H3/t42-,43+,44-,45+,63?/m1/s1. The zero-order valence-electron chi connectivity index (χ0n) is 40.3. The Bertz CT molecular complexity index is 2080. The monoisotopic (exact) mass is 915 g/mol. The van der Waals surface area contributed by atoms with Gasteiger partial charge in [-0.25, -0.2) is 4.68 Å². The van der Waals surface area contributed by atoms with Crippen LogP contribution in [0.1, 0.15) is 104 Å². The van der Waals surface area contributed by atoms with Crippen molar-refractivity contribution >= 4 is 22.6 Å². The highest BCUT2D eigenvalue weighted by atomic mass is 31.2. The molecule has 13 nitrogen and oxygen atoms in total. The van der Waals surface area contributed by atoms with Crippen LogP contribution in [0.5, 0.6) is 11.5 Å². The van der Waals surface area contributed by atoms with Gasteiger partial charge in [-0.2, -0.15) is 5.26 Å². The highest BCUT2D eigenvalue weighted by Crippen LogP contribution is 2.53. The van der Waals surface area contributed by atoms with Crippen molar-refractivity contribution in [3.05, 3.63) is 107 Å². The maximum absolute atomic E-state index is 12.8. The molecule has 15 heteroatoms. The van der Waals surface area contributed by atoms with E-state index in [4.69, 9.17) is 32.6 Å². The number of carbonyl (C=O) groups is 1. The van der Waals surface area contributed by atoms with E-state index in [0.717, 1.165) is 16.7 Å². The molecule has 0 radical (unpaired) electrons. The number of methoxy groups -OCH3 is 2. The van der Waals surface area contributed by atoms with E-state index in [1.807, 2.05) is 66.7 Å². The fraction of sp³-hybridized carbons (Fsp3) is 0.551. The average molecular weight is 916 g/mol. The number of nitrogens with zero attached hydrogens (tertiary/aromatic N) is 5. The first-order valence-electron chi connectivity index (χ1n) is 22.2. The predicted octanol–water partition coefficient (Wildman–Crippen LogP) is 10.4. The average Bonchev–Trinajstić information content (AvgIpc) is 3.85. The lowest BCUT2D eigenvalue weighted by atomic mass is 9.80. The molecule has 5 atom stereocenters. The van der Waals surface area contributed by atoms with Gasteiger partial charge in [0.2, 0.25) is 0 Å². The van der Waals surface area contributed by atoms with Crippen molar-refractivity contribution in [1.29, 1.82) is 5.26 Å². The van der Waals surface area contributed by atoms with Gasteiger partial charge >= 0.3 is 5.97 Å². The van der Waals surface area contributed by atoms with Crippen LogP contribution in [0.3, 0.4) is 0 Å². The number of benzene rings is 3. The number of rotatable bonds is 20. The van der Waals surface area contributed by atoms with Gasteiger partial charge in [0, 0.05) is 24.7 Å². The molecule has 0 saturated carbocycles. The summed E-state index contributed by atoms with van der Waals surface area (Å²) in [6, 6.07) is 28.6. The van der Waals surface area contributed by atoms with Crippen LogP contribution in [-0.2, 0) is 40.3 Å². The maximum atomic E-state index is 12.8. The topological polar surface area (TPSA) is 139 Å². The molecule has 3 aromatic carbocycles. The van der Waals surface area contributed by atoms with Gasteiger partial charge in [0.1, 0.15) is 55.5 Å². The molecule has 1 aliphatic rings. The van der Waals surface area contributed by atoms with Crippen molar-refractivity contribution in [3.63, 3.8) is 0 Å². The molecule has 2 heterocycles. The number of aromatic nitrogens is 3. The molecule has 348 valence electrons. The normalized spacial score (nSPS) is 18.9. The quantitative estimate of drug-likeness (QED) is 0.0361. The summed E-state index contributed by atoms with van der Waals surface area (Å²) in [6.07, 6.45) is -0.167. The van der Waals surface area contributed by atoms with Crippen molar-refractivity contribution in [2.24, 2.45) is 5.41 Å². The summed E-state index contributed by atoms with van der Waals surface area (Å²) < 4.78 is 50.3. The number of nitriles is 1. The van der Waals surface area contributed by atoms with Crippen molar-refractivity contribution in [3.8, 4) is 17.6 Å². The number of esters is 1. The molecule has 4 aromatic rings. The predicted molar refractivity (Wildman–Crippen MR) is 253 cm³/mol. The smallest absolute Gasteiger partial charge is 0.313 e. The maximum Gasteiger partial charge on any atom is 0.313 e. The third-order valence-electron chi connectivity index (χ3n) is 11.9. The van der Waals surface area contributed by atoms with Gasteiger partial charge in [0.25, 0.3) is 0 Å². The molecule has 0 aliphatic carbocycles. The Hall–Kier alpha value is -4.19. The van der Waals surface area contributed by atoms with Crippen LogP contribution in [0.25, 0.3) is 0 Å². The largest absolute Gasteiger partial charge is 0.497 e. The van der Waals surface area contributed by atoms with Crippen molar-refractivity contribution in [1.82, 2.24) is 19.7 Å². The Morgan fingerprint density at radius 1 is 0.859 bits per heavy atom. The minimum Gasteiger partial charge on any atom is -0.497 e. The van der Waals surface area contributed by atoms with Crippen molar-refractivity contribution in [2.45, 2.75) is 143 Å². The second-order valence-electron chi connectivity index (χ2n) is 19.4. The number of carbonyl (C=O) groups excluding carboxylic acids is 1. The van der Waals surface area contributed by atoms with E-state index in [0.29, 0.717) is 29.8 Å². The van der Waals surface area contributed by atoms with Crippen LogP contribution in [0.15, 0.2) is 85.1 Å². The number of hydrogen-bond donors (Lipinski definition) is 0. The first-order valence-corrected chi connectivity index (χ1v) is 26.5. The minimum absolute atomic E-state index is 0.0631. The third-order valence-corrected chi connectivity index (χ3v) is 19.0. The van der Waals surface area contributed by atoms with E-state index >= 15 is 0 Å². The summed E-state index contributed by atoms with van der Waals surface area (Å²) >= 11 is 0. The Balaban J connectivity index is 1.70. The summed E-state index contributed by atoms with van der Waals surface area (Å²) in [5.41, 5.74) is 1.34. The van der Waals surface area contributed by atoms with E-state index in [9.17, 15) is 10.1 Å². The number of ether oxygens (including phenoxy) is 5. The zero-order chi connectivity index (χ0) is 47.0. The molecule has 1 unspecified atom stereocenters. The molecule has 64 heavy (non-hydrogen) atoms. The molecule has 1 aromatic heterocycles. The highest BCUT2D eigenvalue weighted by Gasteiger charge is 2.54. The van der Waals surface area contributed by atoms with E-state index in [2.05, 4.69) is 94.7 Å². The Labute approximate surface area is 383 Å². The second-order valence-corrected chi connectivity index (χ2v) is 25.9. The van der Waals surface area contributed by atoms with Gasteiger partial charge in [-0.15, -0.1) is 5.10 Å². The molecule has 1 saturated heterocycles. The highest BCUT2D eigenvalue weighted by molar-refractivity contribution is 7.50. The van der Waals surface area contributed by atoms with E-state index in [-0.39, 0.29) is 36.4 Å². The van der Waals surface area contributed by atoms with Crippen molar-refractivity contribution < 1.29 is 37.4 Å². The molecule has 1 aliphatic heterocycles. The van der Waals surface area contributed by atoms with Crippen LogP contribution in [-0.4, -0.2) is 91.3 Å². The minimum atomic E-state index is -2.55. The third kappa shape index (κ3) is 11.8. The van der Waals surface area contributed by atoms with Crippen molar-refractivity contribution in [2.75, 3.05) is 27.0 Å². The van der Waals surface area contributed by atoms with Gasteiger partial charge in [-0.05, 0) is 108 Å². The first-order chi connectivity index (χ1) is 30.2. The van der Waals surface area contributed by atoms with E-state index < -0.39 is 52.0 Å². The summed E-state index contributed by atoms with van der Waals surface area (Å²) in [7, 11) is -0.597. The lowest BCUT2D eigenvalue weighted by Crippen LogP contribution is -2.49. The summed E-state index contributed by atoms with van der Waals surface area (Å²) in [6.45, 7) is 25.1. The molecule has 0 N–H and O–H groups in total. The van der Waals surface area contributed by atoms with Gasteiger partial charge in [-0.1, -0.05) is 80.6 Å². The van der Waals surface area contributed by atoms with E-state index in [1.54, 1.807) is 41.2 Å². The van der Waals surface area contributed by atoms with Gasteiger partial charge < -0.3 is 32.6 Å². The number of hydrogen-bond acceptors (Lipinski definition) is 12. The lowest BCUT2D eigenvalue weighted by molar-refractivity contribution is -0.157. The zero-order valence-corrected chi connectivity index (χ0v) is 42.2. The SMILES string of the molecule is COc1ccc(C(OC[C@H]2O[C@@H](c3cn(COC(=O)C(C)(C)C)nn3)[C@H](O[Si](C)(C)C(C)(C)C)[C@@H]2OP(CCC#N)N(C(C)C)C(C)C)(c2ccccc2)c2ccc(OC)cc2)cc1. The Kier molecular flexibility index (Phi) is 17.0. The summed E-state index contributed by atoms with van der Waals surface area (Å²) in [5, 5.41) is 18.8. The van der Waals surface area contributed by atoms with Crippen LogP contribution >= 0.6 is 8.30 Å². The fourth-order valence-corrected chi connectivity index (χ4v) is 11.2. The molecular formula is C49H70N5O8PSi. The van der Waals surface area contributed by atoms with Crippen LogP contribution < -0.4 is 9.47 Å². The van der Waals surface area contributed by atoms with Crippen LogP contribution in [0.4, 0.5) is 0 Å². The molecule has 1 fully saturated rings. The first kappa shape index (κ1) is 50.8. The molecule has 0 bridgehead atoms. The molecule has 5 rings (SSSR count). The summed E-state index contributed by atoms with van der Waals surface area (Å²) in [5.74, 6) is 1.08. The van der Waals surface area contributed by atoms with Gasteiger partial charge in [0.05, 0.1) is 38.5 Å². The lowest BCUT2D eigenvalue weighted by Gasteiger charge is -2.43. The van der Waals surface area contributed by atoms with Gasteiger partial charge in [-0.3, -0.25) is 9.46 Å². The van der Waals surface area contributed by atoms with E-state index in [1.165, 1.54) is 4.68 Å².